The molecule has 1 aliphatic rings. The minimum Gasteiger partial charge on any atom is -0.380 e. The van der Waals surface area contributed by atoms with Gasteiger partial charge in [0.05, 0.1) is 13.2 Å². The zero-order valence-corrected chi connectivity index (χ0v) is 10.6. The zero-order valence-electron chi connectivity index (χ0n) is 10.6. The van der Waals surface area contributed by atoms with Crippen molar-refractivity contribution in [2.75, 3.05) is 32.8 Å². The van der Waals surface area contributed by atoms with Crippen LogP contribution >= 0.6 is 0 Å². The van der Waals surface area contributed by atoms with Crippen LogP contribution < -0.4 is 10.6 Å². The van der Waals surface area contributed by atoms with Gasteiger partial charge in [0.2, 0.25) is 5.91 Å². The van der Waals surface area contributed by atoms with E-state index in [1.807, 2.05) is 0 Å². The molecule has 0 atom stereocenters. The Kier molecular flexibility index (Phi) is 5.22. The Morgan fingerprint density at radius 2 is 2.06 bits per heavy atom. The molecule has 4 nitrogen and oxygen atoms in total. The van der Waals surface area contributed by atoms with Gasteiger partial charge in [0.15, 0.2) is 0 Å². The van der Waals surface area contributed by atoms with Crippen LogP contribution in [0.1, 0.15) is 27.2 Å². The Bertz CT molecular complexity index is 225. The van der Waals surface area contributed by atoms with Gasteiger partial charge in [-0.3, -0.25) is 4.79 Å². The normalized spacial score (nSPS) is 18.2. The second-order valence-corrected chi connectivity index (χ2v) is 5.15. The topological polar surface area (TPSA) is 50.4 Å². The predicted octanol–water partition coefficient (Wildman–Crippen LogP) is 0.775. The van der Waals surface area contributed by atoms with Gasteiger partial charge in [0.25, 0.3) is 0 Å². The molecule has 1 fully saturated rings. The van der Waals surface area contributed by atoms with Crippen LogP contribution in [0.5, 0.6) is 0 Å². The van der Waals surface area contributed by atoms with E-state index in [0.717, 1.165) is 32.8 Å². The highest BCUT2D eigenvalue weighted by Gasteiger charge is 2.38. The van der Waals surface area contributed by atoms with E-state index in [-0.39, 0.29) is 11.3 Å². The van der Waals surface area contributed by atoms with Gasteiger partial charge in [0, 0.05) is 24.9 Å². The molecule has 94 valence electrons. The molecule has 0 aromatic rings. The SMILES string of the molecule is CCNCC1(CNC(=O)CC(C)C)COC1. The zero-order chi connectivity index (χ0) is 12.0. The third-order valence-corrected chi connectivity index (χ3v) is 2.82. The molecule has 0 aliphatic carbocycles. The summed E-state index contributed by atoms with van der Waals surface area (Å²) in [7, 11) is 0. The van der Waals surface area contributed by atoms with Crippen molar-refractivity contribution in [3.05, 3.63) is 0 Å². The Morgan fingerprint density at radius 3 is 2.50 bits per heavy atom. The van der Waals surface area contributed by atoms with Crippen molar-refractivity contribution in [3.63, 3.8) is 0 Å². The quantitative estimate of drug-likeness (QED) is 0.677. The first-order chi connectivity index (χ1) is 7.58. The molecule has 0 unspecified atom stereocenters. The number of carbonyl (C=O) groups is 1. The molecule has 1 rings (SSSR count). The average molecular weight is 228 g/mol. The maximum atomic E-state index is 11.5. The smallest absolute Gasteiger partial charge is 0.220 e. The summed E-state index contributed by atoms with van der Waals surface area (Å²) in [6.07, 6.45) is 0.609. The van der Waals surface area contributed by atoms with Crippen molar-refractivity contribution in [1.82, 2.24) is 10.6 Å². The fourth-order valence-corrected chi connectivity index (χ4v) is 1.78. The summed E-state index contributed by atoms with van der Waals surface area (Å²) in [5.74, 6) is 0.570. The molecule has 2 N–H and O–H groups in total. The van der Waals surface area contributed by atoms with Crippen molar-refractivity contribution in [1.29, 1.82) is 0 Å². The first kappa shape index (κ1) is 13.5. The molecule has 1 saturated heterocycles. The maximum Gasteiger partial charge on any atom is 0.220 e. The summed E-state index contributed by atoms with van der Waals surface area (Å²) >= 11 is 0. The minimum atomic E-state index is 0.128. The van der Waals surface area contributed by atoms with E-state index in [4.69, 9.17) is 4.74 Å². The van der Waals surface area contributed by atoms with Crippen LogP contribution in [0.15, 0.2) is 0 Å². The van der Waals surface area contributed by atoms with Crippen LogP contribution in [-0.4, -0.2) is 38.8 Å². The van der Waals surface area contributed by atoms with Crippen molar-refractivity contribution >= 4 is 5.91 Å². The van der Waals surface area contributed by atoms with Crippen LogP contribution in [0, 0.1) is 11.3 Å². The van der Waals surface area contributed by atoms with E-state index in [0.29, 0.717) is 12.3 Å². The average Bonchev–Trinajstić information content (AvgIpc) is 2.14. The molecule has 0 saturated carbocycles. The molecule has 0 aromatic heterocycles. The van der Waals surface area contributed by atoms with Crippen molar-refractivity contribution in [3.8, 4) is 0 Å². The largest absolute Gasteiger partial charge is 0.380 e. The van der Waals surface area contributed by atoms with E-state index in [9.17, 15) is 4.79 Å². The monoisotopic (exact) mass is 228 g/mol. The summed E-state index contributed by atoms with van der Waals surface area (Å²) < 4.78 is 5.26. The maximum absolute atomic E-state index is 11.5. The molecule has 1 amide bonds. The molecule has 0 bridgehead atoms. The van der Waals surface area contributed by atoms with Crippen LogP contribution in [0.3, 0.4) is 0 Å². The van der Waals surface area contributed by atoms with Gasteiger partial charge in [-0.1, -0.05) is 20.8 Å². The molecule has 0 aromatic carbocycles. The van der Waals surface area contributed by atoms with Crippen LogP contribution in [0.2, 0.25) is 0 Å². The number of hydrogen-bond donors (Lipinski definition) is 2. The molecular weight excluding hydrogens is 204 g/mol. The van der Waals surface area contributed by atoms with Crippen molar-refractivity contribution in [2.45, 2.75) is 27.2 Å². The van der Waals surface area contributed by atoms with Crippen LogP contribution in [0.25, 0.3) is 0 Å². The fraction of sp³-hybridized carbons (Fsp3) is 0.917. The lowest BCUT2D eigenvalue weighted by Gasteiger charge is -2.41. The lowest BCUT2D eigenvalue weighted by molar-refractivity contribution is -0.129. The highest BCUT2D eigenvalue weighted by Crippen LogP contribution is 2.25. The standard InChI is InChI=1S/C12H24N2O2/c1-4-13-6-12(8-16-9-12)7-14-11(15)5-10(2)3/h10,13H,4-9H2,1-3H3,(H,14,15). The number of carbonyl (C=O) groups excluding carboxylic acids is 1. The lowest BCUT2D eigenvalue weighted by atomic mass is 9.85. The first-order valence-electron chi connectivity index (χ1n) is 6.13. The second kappa shape index (κ2) is 6.21. The highest BCUT2D eigenvalue weighted by molar-refractivity contribution is 5.76. The molecule has 4 heteroatoms. The fourth-order valence-electron chi connectivity index (χ4n) is 1.78. The summed E-state index contributed by atoms with van der Waals surface area (Å²) in [4.78, 5) is 11.5. The Balaban J connectivity index is 2.25. The van der Waals surface area contributed by atoms with Gasteiger partial charge in [0.1, 0.15) is 0 Å². The van der Waals surface area contributed by atoms with Crippen LogP contribution in [-0.2, 0) is 9.53 Å². The van der Waals surface area contributed by atoms with Gasteiger partial charge >= 0.3 is 0 Å². The number of hydrogen-bond acceptors (Lipinski definition) is 3. The van der Waals surface area contributed by atoms with Crippen LogP contribution in [0.4, 0.5) is 0 Å². The molecule has 0 spiro atoms. The molecule has 0 radical (unpaired) electrons. The Morgan fingerprint density at radius 1 is 1.38 bits per heavy atom. The highest BCUT2D eigenvalue weighted by atomic mass is 16.5. The molecular formula is C12H24N2O2. The summed E-state index contributed by atoms with van der Waals surface area (Å²) in [6.45, 7) is 10.3. The predicted molar refractivity (Wildman–Crippen MR) is 64.3 cm³/mol. The van der Waals surface area contributed by atoms with Gasteiger partial charge < -0.3 is 15.4 Å². The number of nitrogens with one attached hydrogen (secondary N) is 2. The third kappa shape index (κ3) is 4.10. The number of amides is 1. The van der Waals surface area contributed by atoms with E-state index < -0.39 is 0 Å². The molecule has 1 aliphatic heterocycles. The van der Waals surface area contributed by atoms with Gasteiger partial charge in [-0.25, -0.2) is 0 Å². The Hall–Kier alpha value is -0.610. The van der Waals surface area contributed by atoms with Crippen molar-refractivity contribution < 1.29 is 9.53 Å². The second-order valence-electron chi connectivity index (χ2n) is 5.15. The van der Waals surface area contributed by atoms with Gasteiger partial charge in [-0.05, 0) is 12.5 Å². The number of rotatable bonds is 7. The lowest BCUT2D eigenvalue weighted by Crippen LogP contribution is -2.56. The van der Waals surface area contributed by atoms with Gasteiger partial charge in [-0.2, -0.15) is 0 Å². The molecule has 1 heterocycles. The minimum absolute atomic E-state index is 0.128. The third-order valence-electron chi connectivity index (χ3n) is 2.82. The number of ether oxygens (including phenoxy) is 1. The van der Waals surface area contributed by atoms with Crippen molar-refractivity contribution in [2.24, 2.45) is 11.3 Å². The van der Waals surface area contributed by atoms with E-state index in [2.05, 4.69) is 31.4 Å². The van der Waals surface area contributed by atoms with E-state index >= 15 is 0 Å². The Labute approximate surface area is 98.1 Å². The van der Waals surface area contributed by atoms with Gasteiger partial charge in [-0.15, -0.1) is 0 Å². The first-order valence-corrected chi connectivity index (χ1v) is 6.13. The van der Waals surface area contributed by atoms with E-state index in [1.165, 1.54) is 0 Å². The summed E-state index contributed by atoms with van der Waals surface area (Å²) in [6, 6.07) is 0. The molecule has 16 heavy (non-hydrogen) atoms. The summed E-state index contributed by atoms with van der Waals surface area (Å²) in [5, 5.41) is 6.33. The summed E-state index contributed by atoms with van der Waals surface area (Å²) in [5.41, 5.74) is 0.128. The van der Waals surface area contributed by atoms with E-state index in [1.54, 1.807) is 0 Å².